The highest BCUT2D eigenvalue weighted by Gasteiger charge is 2.26. The molecule has 2 N–H and O–H groups in total. The van der Waals surface area contributed by atoms with Gasteiger partial charge < -0.3 is 10.6 Å². The van der Waals surface area contributed by atoms with E-state index >= 15 is 0 Å². The molecule has 126 valence electrons. The Kier molecular flexibility index (Phi) is 5.74. The van der Waals surface area contributed by atoms with Gasteiger partial charge in [-0.05, 0) is 62.8 Å². The number of hydrogen-bond acceptors (Lipinski definition) is 3. The summed E-state index contributed by atoms with van der Waals surface area (Å²) >= 11 is 1.63. The van der Waals surface area contributed by atoms with E-state index in [2.05, 4.69) is 33.8 Å². The summed E-state index contributed by atoms with van der Waals surface area (Å²) in [5.41, 5.74) is 10.4. The average molecular weight is 334 g/mol. The summed E-state index contributed by atoms with van der Waals surface area (Å²) < 4.78 is 0. The first-order chi connectivity index (χ1) is 10.8. The molecule has 1 aromatic carbocycles. The van der Waals surface area contributed by atoms with Crippen molar-refractivity contribution in [3.8, 4) is 0 Å². The first-order valence-electron chi connectivity index (χ1n) is 8.08. The van der Waals surface area contributed by atoms with Gasteiger partial charge in [-0.3, -0.25) is 9.59 Å². The number of carbonyl (C=O) groups is 2. The molecule has 4 nitrogen and oxygen atoms in total. The summed E-state index contributed by atoms with van der Waals surface area (Å²) in [7, 11) is 0. The van der Waals surface area contributed by atoms with Crippen LogP contribution in [0.5, 0.6) is 0 Å². The van der Waals surface area contributed by atoms with Gasteiger partial charge in [0, 0.05) is 23.9 Å². The molecule has 1 fully saturated rings. The molecular weight excluding hydrogens is 308 g/mol. The van der Waals surface area contributed by atoms with Crippen molar-refractivity contribution in [1.82, 2.24) is 4.90 Å². The van der Waals surface area contributed by atoms with Crippen molar-refractivity contribution >= 4 is 23.6 Å². The van der Waals surface area contributed by atoms with Gasteiger partial charge in [-0.25, -0.2) is 0 Å². The standard InChI is InChI=1S/C18H26N2O2S/c1-11-9-12(2)14(4)17(13(11)3)23-10-16(21)20-7-5-15(6-8-20)18(19)22/h9,15H,5-8,10H2,1-4H3,(H2,19,22). The molecule has 1 aliphatic rings. The van der Waals surface area contributed by atoms with Gasteiger partial charge >= 0.3 is 0 Å². The van der Waals surface area contributed by atoms with Gasteiger partial charge in [0.25, 0.3) is 0 Å². The third-order valence-corrected chi connectivity index (χ3v) is 6.18. The first-order valence-corrected chi connectivity index (χ1v) is 9.07. The maximum Gasteiger partial charge on any atom is 0.232 e. The zero-order chi connectivity index (χ0) is 17.1. The number of nitrogens with zero attached hydrogens (tertiary/aromatic N) is 1. The normalized spacial score (nSPS) is 15.7. The van der Waals surface area contributed by atoms with Gasteiger partial charge in [0.2, 0.25) is 11.8 Å². The molecule has 0 bridgehead atoms. The lowest BCUT2D eigenvalue weighted by Gasteiger charge is -2.30. The molecule has 0 spiro atoms. The summed E-state index contributed by atoms with van der Waals surface area (Å²) in [5.74, 6) is 0.283. The summed E-state index contributed by atoms with van der Waals surface area (Å²) in [5, 5.41) is 0. The number of likely N-dealkylation sites (tertiary alicyclic amines) is 1. The molecule has 0 radical (unpaired) electrons. The summed E-state index contributed by atoms with van der Waals surface area (Å²) in [4.78, 5) is 26.7. The van der Waals surface area contributed by atoms with Gasteiger partial charge in [-0.2, -0.15) is 0 Å². The number of carbonyl (C=O) groups excluding carboxylic acids is 2. The van der Waals surface area contributed by atoms with Crippen molar-refractivity contribution in [3.05, 3.63) is 28.3 Å². The molecule has 1 heterocycles. The molecule has 1 saturated heterocycles. The topological polar surface area (TPSA) is 63.4 Å². The van der Waals surface area contributed by atoms with Crippen LogP contribution < -0.4 is 5.73 Å². The van der Waals surface area contributed by atoms with E-state index in [9.17, 15) is 9.59 Å². The van der Waals surface area contributed by atoms with Crippen LogP contribution in [0, 0.1) is 33.6 Å². The smallest absolute Gasteiger partial charge is 0.232 e. The molecule has 0 unspecified atom stereocenters. The lowest BCUT2D eigenvalue weighted by atomic mass is 9.96. The van der Waals surface area contributed by atoms with E-state index in [0.29, 0.717) is 31.7 Å². The summed E-state index contributed by atoms with van der Waals surface area (Å²) in [6.07, 6.45) is 1.38. The van der Waals surface area contributed by atoms with Crippen molar-refractivity contribution in [3.63, 3.8) is 0 Å². The third kappa shape index (κ3) is 4.08. The van der Waals surface area contributed by atoms with E-state index in [-0.39, 0.29) is 17.7 Å². The van der Waals surface area contributed by atoms with E-state index in [1.54, 1.807) is 11.8 Å². The van der Waals surface area contributed by atoms with Crippen LogP contribution in [0.15, 0.2) is 11.0 Å². The molecule has 23 heavy (non-hydrogen) atoms. The lowest BCUT2D eigenvalue weighted by Crippen LogP contribution is -2.42. The average Bonchev–Trinajstić information content (AvgIpc) is 2.53. The number of primary amides is 1. The molecule has 0 aliphatic carbocycles. The zero-order valence-corrected chi connectivity index (χ0v) is 15.3. The Morgan fingerprint density at radius 1 is 1.13 bits per heavy atom. The quantitative estimate of drug-likeness (QED) is 0.861. The number of piperidine rings is 1. The number of aryl methyl sites for hydroxylation is 2. The fourth-order valence-corrected chi connectivity index (χ4v) is 4.24. The zero-order valence-electron chi connectivity index (χ0n) is 14.4. The van der Waals surface area contributed by atoms with Gasteiger partial charge in [0.15, 0.2) is 0 Å². The second-order valence-corrected chi connectivity index (χ2v) is 7.42. The number of benzene rings is 1. The number of rotatable bonds is 4. The predicted molar refractivity (Wildman–Crippen MR) is 94.6 cm³/mol. The third-order valence-electron chi connectivity index (χ3n) is 4.89. The van der Waals surface area contributed by atoms with E-state index < -0.39 is 0 Å². The Balaban J connectivity index is 1.97. The fourth-order valence-electron chi connectivity index (χ4n) is 3.04. The first kappa shape index (κ1) is 17.9. The molecule has 1 aromatic rings. The minimum Gasteiger partial charge on any atom is -0.369 e. The van der Waals surface area contributed by atoms with Crippen LogP contribution in [0.4, 0.5) is 0 Å². The molecule has 0 aromatic heterocycles. The van der Waals surface area contributed by atoms with Crippen LogP contribution in [0.1, 0.15) is 35.1 Å². The van der Waals surface area contributed by atoms with Crippen LogP contribution in [-0.4, -0.2) is 35.6 Å². The van der Waals surface area contributed by atoms with Gasteiger partial charge in [0.1, 0.15) is 0 Å². The van der Waals surface area contributed by atoms with E-state index in [1.807, 2.05) is 4.90 Å². The number of hydrogen-bond donors (Lipinski definition) is 1. The highest BCUT2D eigenvalue weighted by Crippen LogP contribution is 2.31. The fraction of sp³-hybridized carbons (Fsp3) is 0.556. The number of nitrogens with two attached hydrogens (primary N) is 1. The number of thioether (sulfide) groups is 1. The van der Waals surface area contributed by atoms with Crippen molar-refractivity contribution in [2.45, 2.75) is 45.4 Å². The Morgan fingerprint density at radius 3 is 2.13 bits per heavy atom. The van der Waals surface area contributed by atoms with E-state index in [1.165, 1.54) is 27.1 Å². The van der Waals surface area contributed by atoms with E-state index in [4.69, 9.17) is 5.73 Å². The maximum atomic E-state index is 12.4. The second kappa shape index (κ2) is 7.39. The molecule has 2 rings (SSSR count). The highest BCUT2D eigenvalue weighted by atomic mass is 32.2. The molecule has 0 atom stereocenters. The summed E-state index contributed by atoms with van der Waals surface area (Å²) in [6.45, 7) is 9.74. The van der Waals surface area contributed by atoms with Crippen molar-refractivity contribution < 1.29 is 9.59 Å². The molecule has 2 amide bonds. The van der Waals surface area contributed by atoms with Crippen LogP contribution in [0.2, 0.25) is 0 Å². The largest absolute Gasteiger partial charge is 0.369 e. The van der Waals surface area contributed by atoms with Gasteiger partial charge in [-0.15, -0.1) is 11.8 Å². The molecular formula is C18H26N2O2S. The maximum absolute atomic E-state index is 12.4. The van der Waals surface area contributed by atoms with Crippen LogP contribution in [0.25, 0.3) is 0 Å². The minimum absolute atomic E-state index is 0.0735. The van der Waals surface area contributed by atoms with Crippen molar-refractivity contribution in [2.75, 3.05) is 18.8 Å². The van der Waals surface area contributed by atoms with E-state index in [0.717, 1.165) is 0 Å². The van der Waals surface area contributed by atoms with Gasteiger partial charge in [-0.1, -0.05) is 6.07 Å². The Hall–Kier alpha value is -1.49. The number of amides is 2. The Morgan fingerprint density at radius 2 is 1.65 bits per heavy atom. The van der Waals surface area contributed by atoms with Crippen LogP contribution in [0.3, 0.4) is 0 Å². The second-order valence-electron chi connectivity index (χ2n) is 6.44. The Bertz CT molecular complexity index is 594. The summed E-state index contributed by atoms with van der Waals surface area (Å²) in [6, 6.07) is 2.20. The lowest BCUT2D eigenvalue weighted by molar-refractivity contribution is -0.132. The van der Waals surface area contributed by atoms with Crippen LogP contribution >= 0.6 is 11.8 Å². The van der Waals surface area contributed by atoms with Crippen LogP contribution in [-0.2, 0) is 9.59 Å². The van der Waals surface area contributed by atoms with Crippen molar-refractivity contribution in [1.29, 1.82) is 0 Å². The molecule has 5 heteroatoms. The van der Waals surface area contributed by atoms with Crippen molar-refractivity contribution in [2.24, 2.45) is 11.7 Å². The Labute approximate surface area is 142 Å². The monoisotopic (exact) mass is 334 g/mol. The molecule has 1 aliphatic heterocycles. The SMILES string of the molecule is Cc1cc(C)c(C)c(SCC(=O)N2CCC(C(N)=O)CC2)c1C. The highest BCUT2D eigenvalue weighted by molar-refractivity contribution is 8.00. The molecule has 0 saturated carbocycles. The minimum atomic E-state index is -0.243. The predicted octanol–water partition coefficient (Wildman–Crippen LogP) is 2.74. The van der Waals surface area contributed by atoms with Gasteiger partial charge in [0.05, 0.1) is 5.75 Å².